The predicted octanol–water partition coefficient (Wildman–Crippen LogP) is 4.56. The number of aryl methyl sites for hydroxylation is 1. The first-order valence-corrected chi connectivity index (χ1v) is 19.3. The third kappa shape index (κ3) is 16.6. The maximum absolute atomic E-state index is 13.6. The molecule has 0 radical (unpaired) electrons. The Morgan fingerprint density at radius 1 is 0.741 bits per heavy atom. The third-order valence-electron chi connectivity index (χ3n) is 9.38. The molecule has 3 rings (SSSR count). The van der Waals surface area contributed by atoms with Crippen LogP contribution in [-0.4, -0.2) is 73.7 Å². The normalized spacial score (nSPS) is 13.0. The molecule has 0 bridgehead atoms. The zero-order chi connectivity index (χ0) is 39.3. The summed E-state index contributed by atoms with van der Waals surface area (Å²) in [6.45, 7) is 9.71. The van der Waals surface area contributed by atoms with E-state index in [0.717, 1.165) is 60.9 Å². The van der Waals surface area contributed by atoms with Crippen LogP contribution in [0, 0.1) is 12.3 Å². The quantitative estimate of drug-likeness (QED) is 0.0524. The van der Waals surface area contributed by atoms with Crippen molar-refractivity contribution in [3.05, 3.63) is 101 Å². The summed E-state index contributed by atoms with van der Waals surface area (Å²) in [5.74, 6) is -1.21. The molecule has 0 saturated heterocycles. The fourth-order valence-electron chi connectivity index (χ4n) is 6.40. The number of hydrogen-bond donors (Lipinski definition) is 7. The van der Waals surface area contributed by atoms with E-state index in [9.17, 15) is 24.3 Å². The molecule has 0 fully saturated rings. The molecule has 0 heterocycles. The van der Waals surface area contributed by atoms with Crippen molar-refractivity contribution >= 4 is 29.3 Å². The van der Waals surface area contributed by atoms with Crippen LogP contribution in [0.15, 0.2) is 78.9 Å². The van der Waals surface area contributed by atoms with Crippen molar-refractivity contribution in [2.24, 2.45) is 5.41 Å². The second kappa shape index (κ2) is 23.3. The smallest absolute Gasteiger partial charge is 0.247 e. The summed E-state index contributed by atoms with van der Waals surface area (Å²) >= 11 is 0. The molecule has 4 amide bonds. The number of anilines is 1. The number of aliphatic hydroxyl groups is 1. The van der Waals surface area contributed by atoms with Crippen molar-refractivity contribution in [2.75, 3.05) is 32.0 Å². The third-order valence-corrected chi connectivity index (χ3v) is 9.38. The summed E-state index contributed by atoms with van der Waals surface area (Å²) in [6.07, 6.45) is 4.85. The molecule has 0 aliphatic carbocycles. The average molecular weight is 743 g/mol. The van der Waals surface area contributed by atoms with Crippen molar-refractivity contribution in [1.82, 2.24) is 26.6 Å². The van der Waals surface area contributed by atoms with Gasteiger partial charge >= 0.3 is 0 Å². The first-order chi connectivity index (χ1) is 25.9. The first kappa shape index (κ1) is 43.8. The summed E-state index contributed by atoms with van der Waals surface area (Å²) in [5, 5.41) is 28.2. The Balaban J connectivity index is 1.68. The second-order valence-corrected chi connectivity index (χ2v) is 14.9. The lowest BCUT2D eigenvalue weighted by atomic mass is 9.84. The zero-order valence-electron chi connectivity index (χ0n) is 32.8. The number of aliphatic hydroxyl groups excluding tert-OH is 1. The number of rotatable bonds is 24. The fraction of sp³-hybridized carbons (Fsp3) is 0.488. The van der Waals surface area contributed by atoms with E-state index < -0.39 is 24.2 Å². The molecule has 54 heavy (non-hydrogen) atoms. The van der Waals surface area contributed by atoms with E-state index in [0.29, 0.717) is 18.7 Å². The maximum atomic E-state index is 13.6. The van der Waals surface area contributed by atoms with Crippen LogP contribution in [0.25, 0.3) is 0 Å². The van der Waals surface area contributed by atoms with Gasteiger partial charge in [0.05, 0.1) is 13.0 Å². The molecular formula is C43H62N6O5. The fourth-order valence-corrected chi connectivity index (χ4v) is 6.40. The van der Waals surface area contributed by atoms with Crippen molar-refractivity contribution < 1.29 is 24.3 Å². The molecule has 3 aromatic carbocycles. The molecule has 3 atom stereocenters. The zero-order valence-corrected chi connectivity index (χ0v) is 32.8. The SMILES string of the molecule is CCCC(C)(C)CC(=O)N[C@H](Cc1ccc(NC(=O)[C@H](Cc2ccccc2C)NC(=O)Cc2ccccc2)cc1)C(=O)NCC(O)NCCCCCNC. The van der Waals surface area contributed by atoms with Crippen molar-refractivity contribution in [1.29, 1.82) is 0 Å². The number of benzene rings is 3. The minimum atomic E-state index is -0.918. The highest BCUT2D eigenvalue weighted by molar-refractivity contribution is 5.97. The Hall–Kier alpha value is -4.58. The molecule has 11 nitrogen and oxygen atoms in total. The average Bonchev–Trinajstić information content (AvgIpc) is 3.13. The summed E-state index contributed by atoms with van der Waals surface area (Å²) < 4.78 is 0. The van der Waals surface area contributed by atoms with Crippen LogP contribution in [-0.2, 0) is 38.4 Å². The standard InChI is InChI=1S/C43H62N6O5/c1-6-23-43(3,4)29-39(51)49-36(41(53)46-30-40(52)45-25-14-8-13-24-44-5)26-33-19-21-35(22-20-33)47-42(54)37(28-34-18-12-11-15-31(34)2)48-38(50)27-32-16-9-7-10-17-32/h7,9-12,15-22,36-37,40,44-45,52H,6,8,13-14,23-30H2,1-5H3,(H,46,53)(H,47,54)(H,48,50)(H,49,51)/t36-,37+,40?/m1/s1. The van der Waals surface area contributed by atoms with Gasteiger partial charge in [0.2, 0.25) is 23.6 Å². The maximum Gasteiger partial charge on any atom is 0.247 e. The van der Waals surface area contributed by atoms with Crippen molar-refractivity contribution in [2.45, 2.75) is 104 Å². The molecule has 1 unspecified atom stereocenters. The van der Waals surface area contributed by atoms with Crippen LogP contribution in [0.1, 0.15) is 81.5 Å². The van der Waals surface area contributed by atoms with Gasteiger partial charge in [0.15, 0.2) is 0 Å². The number of nitrogens with one attached hydrogen (secondary N) is 6. The Bertz CT molecular complexity index is 1600. The highest BCUT2D eigenvalue weighted by atomic mass is 16.3. The monoisotopic (exact) mass is 742 g/mol. The molecule has 294 valence electrons. The molecule has 11 heteroatoms. The summed E-state index contributed by atoms with van der Waals surface area (Å²) in [4.78, 5) is 53.3. The lowest BCUT2D eigenvalue weighted by molar-refractivity contribution is -0.130. The molecule has 7 N–H and O–H groups in total. The summed E-state index contributed by atoms with van der Waals surface area (Å²) in [5.41, 5.74) is 3.92. The van der Waals surface area contributed by atoms with E-state index in [1.807, 2.05) is 82.4 Å². The van der Waals surface area contributed by atoms with E-state index in [1.165, 1.54) is 0 Å². The van der Waals surface area contributed by atoms with E-state index in [-0.39, 0.29) is 48.9 Å². The number of unbranched alkanes of at least 4 members (excludes halogenated alkanes) is 2. The highest BCUT2D eigenvalue weighted by Gasteiger charge is 2.27. The van der Waals surface area contributed by atoms with Gasteiger partial charge in [0.25, 0.3) is 0 Å². The molecule has 0 aliphatic heterocycles. The van der Waals surface area contributed by atoms with Gasteiger partial charge in [-0.05, 0) is 86.1 Å². The van der Waals surface area contributed by atoms with Gasteiger partial charge in [0.1, 0.15) is 18.3 Å². The predicted molar refractivity (Wildman–Crippen MR) is 216 cm³/mol. The van der Waals surface area contributed by atoms with Crippen molar-refractivity contribution in [3.8, 4) is 0 Å². The van der Waals surface area contributed by atoms with Crippen LogP contribution in [0.2, 0.25) is 0 Å². The van der Waals surface area contributed by atoms with E-state index in [4.69, 9.17) is 0 Å². The van der Waals surface area contributed by atoms with Crippen LogP contribution in [0.3, 0.4) is 0 Å². The number of hydrogen-bond acceptors (Lipinski definition) is 7. The van der Waals surface area contributed by atoms with Gasteiger partial charge in [0, 0.05) is 24.9 Å². The Labute approximate surface area is 321 Å². The van der Waals surface area contributed by atoms with Gasteiger partial charge in [-0.3, -0.25) is 24.5 Å². The van der Waals surface area contributed by atoms with Gasteiger partial charge in [-0.2, -0.15) is 0 Å². The molecular weight excluding hydrogens is 681 g/mol. The van der Waals surface area contributed by atoms with Gasteiger partial charge in [-0.25, -0.2) is 0 Å². The van der Waals surface area contributed by atoms with E-state index in [1.54, 1.807) is 24.3 Å². The topological polar surface area (TPSA) is 161 Å². The molecule has 0 aromatic heterocycles. The lowest BCUT2D eigenvalue weighted by Gasteiger charge is -2.25. The van der Waals surface area contributed by atoms with Crippen LogP contribution in [0.4, 0.5) is 5.69 Å². The summed E-state index contributed by atoms with van der Waals surface area (Å²) in [7, 11) is 1.92. The largest absolute Gasteiger partial charge is 0.377 e. The minimum Gasteiger partial charge on any atom is -0.377 e. The molecule has 0 saturated carbocycles. The van der Waals surface area contributed by atoms with Crippen molar-refractivity contribution in [3.63, 3.8) is 0 Å². The number of carbonyl (C=O) groups is 4. The second-order valence-electron chi connectivity index (χ2n) is 14.9. The Morgan fingerprint density at radius 3 is 2.07 bits per heavy atom. The van der Waals surface area contributed by atoms with E-state index >= 15 is 0 Å². The van der Waals surface area contributed by atoms with Crippen LogP contribution in [0.5, 0.6) is 0 Å². The minimum absolute atomic E-state index is 0.000420. The van der Waals surface area contributed by atoms with Crippen LogP contribution >= 0.6 is 0 Å². The van der Waals surface area contributed by atoms with Gasteiger partial charge in [-0.1, -0.05) is 100 Å². The summed E-state index contributed by atoms with van der Waals surface area (Å²) in [6, 6.07) is 22.6. The number of amides is 4. The van der Waals surface area contributed by atoms with E-state index in [2.05, 4.69) is 38.8 Å². The molecule has 0 spiro atoms. The van der Waals surface area contributed by atoms with Gasteiger partial charge in [-0.15, -0.1) is 0 Å². The highest BCUT2D eigenvalue weighted by Crippen LogP contribution is 2.26. The first-order valence-electron chi connectivity index (χ1n) is 19.3. The van der Waals surface area contributed by atoms with Gasteiger partial charge < -0.3 is 31.7 Å². The lowest BCUT2D eigenvalue weighted by Crippen LogP contribution is -2.51. The van der Waals surface area contributed by atoms with Crippen LogP contribution < -0.4 is 31.9 Å². The molecule has 3 aromatic rings. The Morgan fingerprint density at radius 2 is 1.39 bits per heavy atom. The Kier molecular flexibility index (Phi) is 18.9. The molecule has 0 aliphatic rings. The number of carbonyl (C=O) groups excluding carboxylic acids is 4.